The highest BCUT2D eigenvalue weighted by molar-refractivity contribution is 6.30. The third kappa shape index (κ3) is 4.23. The third-order valence-electron chi connectivity index (χ3n) is 2.66. The van der Waals surface area contributed by atoms with E-state index in [4.69, 9.17) is 16.3 Å². The van der Waals surface area contributed by atoms with E-state index in [1.54, 1.807) is 13.2 Å². The van der Waals surface area contributed by atoms with Gasteiger partial charge in [0, 0.05) is 24.4 Å². The summed E-state index contributed by atoms with van der Waals surface area (Å²) < 4.78 is 18.3. The summed E-state index contributed by atoms with van der Waals surface area (Å²) in [6, 6.07) is 12.4. The van der Waals surface area contributed by atoms with Gasteiger partial charge in [-0.05, 0) is 41.5 Å². The molecule has 0 unspecified atom stereocenters. The molecule has 0 aliphatic rings. The van der Waals surface area contributed by atoms with Crippen LogP contribution in [0.5, 0.6) is 0 Å². The molecule has 2 rings (SSSR count). The van der Waals surface area contributed by atoms with Gasteiger partial charge in [0.05, 0.1) is 6.61 Å². The largest absolute Gasteiger partial charge is 0.381 e. The summed E-state index contributed by atoms with van der Waals surface area (Å²) in [5.41, 5.74) is 2.86. The molecule has 0 spiro atoms. The van der Waals surface area contributed by atoms with Crippen LogP contribution in [-0.2, 0) is 17.9 Å². The minimum absolute atomic E-state index is 0.322. The van der Waals surface area contributed by atoms with Crippen molar-refractivity contribution in [2.24, 2.45) is 0 Å². The molecule has 2 nitrogen and oxygen atoms in total. The molecule has 100 valence electrons. The first-order valence-corrected chi connectivity index (χ1v) is 6.32. The predicted octanol–water partition coefficient (Wildman–Crippen LogP) is 4.24. The van der Waals surface area contributed by atoms with Gasteiger partial charge in [-0.2, -0.15) is 0 Å². The number of ether oxygens (including phenoxy) is 1. The van der Waals surface area contributed by atoms with E-state index in [0.717, 1.165) is 16.8 Å². The SMILES string of the molecule is COCc1cccc(NCc2cc(F)cc(Cl)c2)c1. The Morgan fingerprint density at radius 1 is 1.16 bits per heavy atom. The predicted molar refractivity (Wildman–Crippen MR) is 75.9 cm³/mol. The van der Waals surface area contributed by atoms with Crippen LogP contribution in [0.4, 0.5) is 10.1 Å². The van der Waals surface area contributed by atoms with Crippen LogP contribution in [0, 0.1) is 5.82 Å². The molecule has 0 aliphatic carbocycles. The van der Waals surface area contributed by atoms with Gasteiger partial charge in [-0.25, -0.2) is 4.39 Å². The van der Waals surface area contributed by atoms with Crippen molar-refractivity contribution in [2.75, 3.05) is 12.4 Å². The minimum atomic E-state index is -0.322. The van der Waals surface area contributed by atoms with Crippen molar-refractivity contribution in [3.8, 4) is 0 Å². The highest BCUT2D eigenvalue weighted by atomic mass is 35.5. The van der Waals surface area contributed by atoms with E-state index in [9.17, 15) is 4.39 Å². The molecule has 2 aromatic rings. The van der Waals surface area contributed by atoms with E-state index >= 15 is 0 Å². The van der Waals surface area contributed by atoms with E-state index in [1.807, 2.05) is 24.3 Å². The maximum Gasteiger partial charge on any atom is 0.125 e. The van der Waals surface area contributed by atoms with Crippen LogP contribution in [0.3, 0.4) is 0 Å². The summed E-state index contributed by atoms with van der Waals surface area (Å²) in [5.74, 6) is -0.322. The fourth-order valence-corrected chi connectivity index (χ4v) is 2.10. The van der Waals surface area contributed by atoms with Gasteiger partial charge in [-0.15, -0.1) is 0 Å². The van der Waals surface area contributed by atoms with Gasteiger partial charge >= 0.3 is 0 Å². The van der Waals surface area contributed by atoms with Crippen LogP contribution in [0.1, 0.15) is 11.1 Å². The zero-order valence-electron chi connectivity index (χ0n) is 10.6. The summed E-state index contributed by atoms with van der Waals surface area (Å²) in [7, 11) is 1.66. The molecule has 0 aliphatic heterocycles. The molecule has 0 amide bonds. The van der Waals surface area contributed by atoms with E-state index in [2.05, 4.69) is 5.32 Å². The molecule has 0 heterocycles. The Balaban J connectivity index is 2.03. The Morgan fingerprint density at radius 3 is 2.74 bits per heavy atom. The average Bonchev–Trinajstić information content (AvgIpc) is 2.36. The van der Waals surface area contributed by atoms with E-state index in [-0.39, 0.29) is 5.82 Å². The van der Waals surface area contributed by atoms with Crippen LogP contribution in [0.25, 0.3) is 0 Å². The lowest BCUT2D eigenvalue weighted by molar-refractivity contribution is 0.185. The van der Waals surface area contributed by atoms with Crippen LogP contribution in [-0.4, -0.2) is 7.11 Å². The van der Waals surface area contributed by atoms with Crippen molar-refractivity contribution in [3.63, 3.8) is 0 Å². The van der Waals surface area contributed by atoms with Crippen molar-refractivity contribution in [1.29, 1.82) is 0 Å². The van der Waals surface area contributed by atoms with Crippen molar-refractivity contribution in [1.82, 2.24) is 0 Å². The molecule has 19 heavy (non-hydrogen) atoms. The number of rotatable bonds is 5. The van der Waals surface area contributed by atoms with Crippen LogP contribution in [0.2, 0.25) is 5.02 Å². The molecule has 1 N–H and O–H groups in total. The lowest BCUT2D eigenvalue weighted by Gasteiger charge is -2.09. The zero-order chi connectivity index (χ0) is 13.7. The number of benzene rings is 2. The highest BCUT2D eigenvalue weighted by Crippen LogP contribution is 2.17. The number of hydrogen-bond acceptors (Lipinski definition) is 2. The molecule has 2 aromatic carbocycles. The summed E-state index contributed by atoms with van der Waals surface area (Å²) in [6.07, 6.45) is 0. The lowest BCUT2D eigenvalue weighted by Crippen LogP contribution is -2.00. The minimum Gasteiger partial charge on any atom is -0.381 e. The third-order valence-corrected chi connectivity index (χ3v) is 2.88. The second kappa shape index (κ2) is 6.55. The zero-order valence-corrected chi connectivity index (χ0v) is 11.4. The molecule has 0 bridgehead atoms. The first-order chi connectivity index (χ1) is 9.17. The van der Waals surface area contributed by atoms with Crippen molar-refractivity contribution in [2.45, 2.75) is 13.2 Å². The normalized spacial score (nSPS) is 10.5. The summed E-state index contributed by atoms with van der Waals surface area (Å²) in [5, 5.41) is 3.64. The highest BCUT2D eigenvalue weighted by Gasteiger charge is 2.00. The lowest BCUT2D eigenvalue weighted by atomic mass is 10.2. The van der Waals surface area contributed by atoms with Gasteiger partial charge in [-0.3, -0.25) is 0 Å². The van der Waals surface area contributed by atoms with Crippen LogP contribution in [0.15, 0.2) is 42.5 Å². The molecule has 0 fully saturated rings. The summed E-state index contributed by atoms with van der Waals surface area (Å²) in [4.78, 5) is 0. The monoisotopic (exact) mass is 279 g/mol. The number of methoxy groups -OCH3 is 1. The average molecular weight is 280 g/mol. The molecule has 0 saturated carbocycles. The molecule has 0 saturated heterocycles. The van der Waals surface area contributed by atoms with E-state index in [1.165, 1.54) is 12.1 Å². The maximum absolute atomic E-state index is 13.2. The number of nitrogens with one attached hydrogen (secondary N) is 1. The quantitative estimate of drug-likeness (QED) is 0.884. The Bertz CT molecular complexity index is 539. The number of anilines is 1. The Kier molecular flexibility index (Phi) is 4.77. The fourth-order valence-electron chi connectivity index (χ4n) is 1.85. The smallest absolute Gasteiger partial charge is 0.125 e. The maximum atomic E-state index is 13.2. The van der Waals surface area contributed by atoms with E-state index in [0.29, 0.717) is 18.2 Å². The topological polar surface area (TPSA) is 21.3 Å². The first-order valence-electron chi connectivity index (χ1n) is 5.94. The van der Waals surface area contributed by atoms with Crippen LogP contribution < -0.4 is 5.32 Å². The first kappa shape index (κ1) is 13.8. The Labute approximate surface area is 117 Å². The van der Waals surface area contributed by atoms with Gasteiger partial charge < -0.3 is 10.1 Å². The van der Waals surface area contributed by atoms with Gasteiger partial charge in [0.1, 0.15) is 5.82 Å². The Morgan fingerprint density at radius 2 is 2.00 bits per heavy atom. The van der Waals surface area contributed by atoms with Gasteiger partial charge in [-0.1, -0.05) is 23.7 Å². The van der Waals surface area contributed by atoms with Crippen molar-refractivity contribution >= 4 is 17.3 Å². The van der Waals surface area contributed by atoms with Gasteiger partial charge in [0.2, 0.25) is 0 Å². The standard InChI is InChI=1S/C15H15ClFNO/c1-19-10-11-3-2-4-15(7-11)18-9-12-5-13(16)8-14(17)6-12/h2-8,18H,9-10H2,1H3. The molecule has 0 atom stereocenters. The molecular weight excluding hydrogens is 265 g/mol. The molecule has 4 heteroatoms. The molecule has 0 radical (unpaired) electrons. The Hall–Kier alpha value is -1.58. The second-order valence-corrected chi connectivity index (χ2v) is 4.70. The van der Waals surface area contributed by atoms with Crippen molar-refractivity contribution < 1.29 is 9.13 Å². The van der Waals surface area contributed by atoms with Crippen molar-refractivity contribution in [3.05, 3.63) is 64.4 Å². The fraction of sp³-hybridized carbons (Fsp3) is 0.200. The summed E-state index contributed by atoms with van der Waals surface area (Å²) in [6.45, 7) is 1.09. The van der Waals surface area contributed by atoms with E-state index < -0.39 is 0 Å². The summed E-state index contributed by atoms with van der Waals surface area (Å²) >= 11 is 5.81. The number of hydrogen-bond donors (Lipinski definition) is 1. The second-order valence-electron chi connectivity index (χ2n) is 4.26. The number of halogens is 2. The van der Waals surface area contributed by atoms with Gasteiger partial charge in [0.25, 0.3) is 0 Å². The molecule has 0 aromatic heterocycles. The van der Waals surface area contributed by atoms with Gasteiger partial charge in [0.15, 0.2) is 0 Å². The molecular formula is C15H15ClFNO. The van der Waals surface area contributed by atoms with Crippen LogP contribution >= 0.6 is 11.6 Å².